The van der Waals surface area contributed by atoms with Crippen LogP contribution in [0.4, 0.5) is 26.3 Å². The van der Waals surface area contributed by atoms with E-state index in [-0.39, 0.29) is 18.4 Å². The van der Waals surface area contributed by atoms with Crippen molar-refractivity contribution in [1.82, 2.24) is 8.01 Å². The molecule has 3 rings (SSSR count). The Bertz CT molecular complexity index is 451. The van der Waals surface area contributed by atoms with Crippen LogP contribution in [0, 0.1) is 11.8 Å². The van der Waals surface area contributed by atoms with Gasteiger partial charge < -0.3 is 0 Å². The fraction of sp³-hybridized carbons (Fsp3) is 1.00. The van der Waals surface area contributed by atoms with Gasteiger partial charge in [0.1, 0.15) is 12.1 Å². The zero-order valence-electron chi connectivity index (χ0n) is 12.0. The summed E-state index contributed by atoms with van der Waals surface area (Å²) < 4.78 is 79.6. The van der Waals surface area contributed by atoms with Gasteiger partial charge in [0.2, 0.25) is 0 Å². The highest BCUT2D eigenvalue weighted by Crippen LogP contribution is 2.61. The zero-order valence-corrected chi connectivity index (χ0v) is 14.2. The molecule has 0 aromatic carbocycles. The highest BCUT2D eigenvalue weighted by molar-refractivity contribution is 14.1. The van der Waals surface area contributed by atoms with Gasteiger partial charge in [-0.25, -0.2) is 3.11 Å². The number of alkyl halides is 6. The van der Waals surface area contributed by atoms with E-state index >= 15 is 0 Å². The molecule has 2 aliphatic heterocycles. The third-order valence-electron chi connectivity index (χ3n) is 5.18. The van der Waals surface area contributed by atoms with Crippen LogP contribution in [0.2, 0.25) is 0 Å². The second kappa shape index (κ2) is 5.11. The number of fused-ring (bicyclic) bond motifs is 1. The largest absolute Gasteiger partial charge is 0.404 e. The van der Waals surface area contributed by atoms with Crippen molar-refractivity contribution in [2.24, 2.45) is 11.8 Å². The smallest absolute Gasteiger partial charge is 0.285 e. The second-order valence-electron chi connectivity index (χ2n) is 6.79. The molecule has 22 heavy (non-hydrogen) atoms. The molecule has 1 saturated carbocycles. The van der Waals surface area contributed by atoms with Crippen LogP contribution in [-0.4, -0.2) is 50.6 Å². The van der Waals surface area contributed by atoms with Crippen molar-refractivity contribution in [2.75, 3.05) is 0 Å². The molecule has 0 aromatic heterocycles. The predicted octanol–water partition coefficient (Wildman–Crippen LogP) is 4.00. The normalized spacial score (nSPS) is 43.4. The van der Waals surface area contributed by atoms with Crippen molar-refractivity contribution in [2.45, 2.75) is 69.3 Å². The Morgan fingerprint density at radius 1 is 0.955 bits per heavy atom. The predicted molar refractivity (Wildman–Crippen MR) is 76.3 cm³/mol. The van der Waals surface area contributed by atoms with Crippen LogP contribution in [0.5, 0.6) is 0 Å². The van der Waals surface area contributed by atoms with E-state index in [1.54, 1.807) is 36.7 Å². The maximum absolute atomic E-state index is 13.3. The Hall–Kier alpha value is 0.230. The van der Waals surface area contributed by atoms with E-state index in [0.717, 1.165) is 0 Å². The van der Waals surface area contributed by atoms with Gasteiger partial charge >= 0.3 is 12.4 Å². The first-order chi connectivity index (χ1) is 9.94. The Morgan fingerprint density at radius 2 is 1.55 bits per heavy atom. The first-order valence-corrected chi connectivity index (χ1v) is 8.26. The molecule has 0 bridgehead atoms. The van der Waals surface area contributed by atoms with Crippen LogP contribution in [-0.2, 0) is 0 Å². The Balaban J connectivity index is 1.80. The van der Waals surface area contributed by atoms with Crippen molar-refractivity contribution in [3.05, 3.63) is 0 Å². The van der Waals surface area contributed by atoms with Crippen molar-refractivity contribution < 1.29 is 26.3 Å². The lowest BCUT2D eigenvalue weighted by atomic mass is 9.87. The molecule has 3 fully saturated rings. The highest BCUT2D eigenvalue weighted by atomic mass is 127. The lowest BCUT2D eigenvalue weighted by Crippen LogP contribution is -2.66. The van der Waals surface area contributed by atoms with Crippen molar-refractivity contribution in [3.8, 4) is 0 Å². The van der Waals surface area contributed by atoms with Gasteiger partial charge in [-0.05, 0) is 38.5 Å². The van der Waals surface area contributed by atoms with Crippen molar-refractivity contribution in [3.63, 3.8) is 0 Å². The molecule has 0 spiro atoms. The van der Waals surface area contributed by atoms with Crippen LogP contribution in [0.3, 0.4) is 0 Å². The highest BCUT2D eigenvalue weighted by Gasteiger charge is 2.70. The van der Waals surface area contributed by atoms with E-state index in [1.165, 1.54) is 8.01 Å². The topological polar surface area (TPSA) is 6.48 Å². The Morgan fingerprint density at radius 3 is 1.95 bits per heavy atom. The number of piperidine rings is 1. The Labute approximate surface area is 138 Å². The summed E-state index contributed by atoms with van der Waals surface area (Å²) in [4.78, 5) is 1.42. The van der Waals surface area contributed by atoms with Gasteiger partial charge in [0.05, 0.1) is 0 Å². The minimum absolute atomic E-state index is 0.103. The van der Waals surface area contributed by atoms with Crippen LogP contribution in [0.1, 0.15) is 26.7 Å². The molecule has 2 nitrogen and oxygen atoms in total. The van der Waals surface area contributed by atoms with E-state index in [1.807, 2.05) is 0 Å². The summed E-state index contributed by atoms with van der Waals surface area (Å²) in [7, 11) is 0. The third kappa shape index (κ3) is 2.54. The lowest BCUT2D eigenvalue weighted by Gasteiger charge is -2.52. The summed E-state index contributed by atoms with van der Waals surface area (Å²) in [6.45, 7) is 3.38. The van der Waals surface area contributed by atoms with Gasteiger partial charge in [-0.2, -0.15) is 26.3 Å². The van der Waals surface area contributed by atoms with Crippen LogP contribution >= 0.6 is 22.9 Å². The fourth-order valence-corrected chi connectivity index (χ4v) is 5.36. The molecule has 1 aliphatic carbocycles. The average Bonchev–Trinajstić information content (AvgIpc) is 3.00. The molecule has 0 aromatic rings. The molecule has 2 heterocycles. The summed E-state index contributed by atoms with van der Waals surface area (Å²) in [6.07, 6.45) is -8.25. The van der Waals surface area contributed by atoms with Gasteiger partial charge in [0, 0.05) is 41.0 Å². The quantitative estimate of drug-likeness (QED) is 0.363. The molecule has 6 unspecified atom stereocenters. The molecular formula is C13H17F6IN2. The summed E-state index contributed by atoms with van der Waals surface area (Å²) in [5.41, 5.74) is 0. The number of nitrogens with zero attached hydrogens (tertiary/aromatic N) is 2. The van der Waals surface area contributed by atoms with Crippen LogP contribution in [0.25, 0.3) is 0 Å². The van der Waals surface area contributed by atoms with Crippen LogP contribution < -0.4 is 0 Å². The Kier molecular flexibility index (Phi) is 3.96. The zero-order chi connectivity index (χ0) is 16.6. The molecule has 0 radical (unpaired) electrons. The van der Waals surface area contributed by atoms with E-state index in [4.69, 9.17) is 0 Å². The maximum atomic E-state index is 13.3. The number of hydrogen-bond acceptors (Lipinski definition) is 2. The van der Waals surface area contributed by atoms with E-state index in [9.17, 15) is 26.3 Å². The molecular weight excluding hydrogens is 425 g/mol. The average molecular weight is 442 g/mol. The van der Waals surface area contributed by atoms with Gasteiger partial charge in [-0.1, -0.05) is 0 Å². The first kappa shape index (κ1) is 17.1. The molecule has 0 N–H and O–H groups in total. The molecule has 3 aliphatic rings. The van der Waals surface area contributed by atoms with Crippen LogP contribution in [0.15, 0.2) is 0 Å². The number of halogens is 7. The lowest BCUT2D eigenvalue weighted by molar-refractivity contribution is -0.215. The summed E-state index contributed by atoms with van der Waals surface area (Å²) in [6, 6.07) is -4.24. The van der Waals surface area contributed by atoms with Gasteiger partial charge in [0.25, 0.3) is 0 Å². The standard InChI is InChI=1S/C13H17F6IN2/c1-5(2)21-10(6-3-7(6)11(21)13(17,18)19)8-4-9(22(8)20)12(14,15)16/h5-11H,3-4H2,1-2H3. The minimum Gasteiger partial charge on any atom is -0.285 e. The second-order valence-corrected chi connectivity index (χ2v) is 7.90. The fourth-order valence-electron chi connectivity index (χ4n) is 4.26. The summed E-state index contributed by atoms with van der Waals surface area (Å²) >= 11 is 1.63. The minimum atomic E-state index is -4.32. The molecule has 2 saturated heterocycles. The number of rotatable bonds is 2. The maximum Gasteiger partial charge on any atom is 0.404 e. The van der Waals surface area contributed by atoms with Gasteiger partial charge in [-0.3, -0.25) is 4.90 Å². The molecule has 9 heteroatoms. The SMILES string of the molecule is CC(C)N1C(C2CC(C(F)(F)F)N2I)C2CC2C1C(F)(F)F. The van der Waals surface area contributed by atoms with E-state index < -0.39 is 42.4 Å². The van der Waals surface area contributed by atoms with Crippen molar-refractivity contribution >= 4 is 22.9 Å². The van der Waals surface area contributed by atoms with E-state index in [2.05, 4.69) is 0 Å². The molecule has 0 amide bonds. The first-order valence-electron chi connectivity index (χ1n) is 7.29. The van der Waals surface area contributed by atoms with Gasteiger partial charge in [-0.15, -0.1) is 0 Å². The summed E-state index contributed by atoms with van der Waals surface area (Å²) in [5.74, 6) is -0.562. The third-order valence-corrected chi connectivity index (χ3v) is 6.57. The van der Waals surface area contributed by atoms with Gasteiger partial charge in [0.15, 0.2) is 0 Å². The molecule has 128 valence electrons. The summed E-state index contributed by atoms with van der Waals surface area (Å²) in [5, 5.41) is 0. The van der Waals surface area contributed by atoms with Crippen molar-refractivity contribution in [1.29, 1.82) is 0 Å². The van der Waals surface area contributed by atoms with E-state index in [0.29, 0.717) is 6.42 Å². The number of likely N-dealkylation sites (tertiary alicyclic amines) is 1. The monoisotopic (exact) mass is 442 g/mol. The number of hydrogen-bond donors (Lipinski definition) is 0. The molecule has 6 atom stereocenters.